The van der Waals surface area contributed by atoms with E-state index in [0.29, 0.717) is 29.0 Å². The monoisotopic (exact) mass is 806 g/mol. The molecule has 0 saturated heterocycles. The minimum atomic E-state index is -3.37. The summed E-state index contributed by atoms with van der Waals surface area (Å²) in [6.45, 7) is 11.9. The molecule has 5 aromatic carbocycles. The maximum absolute atomic E-state index is 15.0. The van der Waals surface area contributed by atoms with Gasteiger partial charge in [0.15, 0.2) is 14.6 Å². The van der Waals surface area contributed by atoms with Crippen LogP contribution in [0.1, 0.15) is 63.5 Å². The smallest absolute Gasteiger partial charge is 0.327 e. The molecule has 0 heterocycles. The van der Waals surface area contributed by atoms with Crippen molar-refractivity contribution in [3.05, 3.63) is 168 Å². The van der Waals surface area contributed by atoms with E-state index in [1.165, 1.54) is 0 Å². The third-order valence-corrected chi connectivity index (χ3v) is 15.3. The van der Waals surface area contributed by atoms with Crippen LogP contribution in [-0.4, -0.2) is 46.7 Å². The highest BCUT2D eigenvalue weighted by atomic mass is 31.2. The number of hydrogen-bond acceptors (Lipinski definition) is 6. The van der Waals surface area contributed by atoms with E-state index in [1.54, 1.807) is 46.9 Å². The van der Waals surface area contributed by atoms with E-state index >= 15 is 9.13 Å². The summed E-state index contributed by atoms with van der Waals surface area (Å²) >= 11 is 0. The Morgan fingerprint density at radius 1 is 0.491 bits per heavy atom. The molecule has 0 spiro atoms. The van der Waals surface area contributed by atoms with E-state index in [2.05, 4.69) is 0 Å². The van der Waals surface area contributed by atoms with E-state index in [-0.39, 0.29) is 24.9 Å². The van der Waals surface area contributed by atoms with Crippen molar-refractivity contribution in [2.75, 3.05) is 13.3 Å². The van der Waals surface area contributed by atoms with Crippen LogP contribution in [0.25, 0.3) is 0 Å². The van der Waals surface area contributed by atoms with Gasteiger partial charge in [-0.2, -0.15) is 0 Å². The fourth-order valence-corrected chi connectivity index (χ4v) is 11.3. The Morgan fingerprint density at radius 3 is 1.11 bits per heavy atom. The average Bonchev–Trinajstić information content (AvgIpc) is 3.21. The molecular formula is C47H56N2O6P2. The Labute approximate surface area is 339 Å². The molecule has 0 saturated carbocycles. The van der Waals surface area contributed by atoms with Gasteiger partial charge in [0.2, 0.25) is 0 Å². The normalized spacial score (nSPS) is 15.4. The third-order valence-electron chi connectivity index (χ3n) is 10.00. The van der Waals surface area contributed by atoms with Crippen molar-refractivity contribution in [3.8, 4) is 0 Å². The van der Waals surface area contributed by atoms with E-state index in [0.717, 1.165) is 11.1 Å². The second kappa shape index (κ2) is 20.2. The lowest BCUT2D eigenvalue weighted by Gasteiger charge is -2.38. The first-order chi connectivity index (χ1) is 27.3. The minimum absolute atomic E-state index is 0.0213. The van der Waals surface area contributed by atoms with Crippen LogP contribution in [0.15, 0.2) is 152 Å². The first-order valence-electron chi connectivity index (χ1n) is 19.6. The number of carbonyl (C=O) groups excluding carboxylic acids is 2. The Bertz CT molecular complexity index is 1970. The van der Waals surface area contributed by atoms with Gasteiger partial charge in [0.05, 0.1) is 0 Å². The van der Waals surface area contributed by atoms with Crippen molar-refractivity contribution in [2.24, 2.45) is 11.8 Å². The molecule has 5 atom stereocenters. The zero-order chi connectivity index (χ0) is 41.0. The van der Waals surface area contributed by atoms with E-state index in [4.69, 9.17) is 9.47 Å². The van der Waals surface area contributed by atoms with Gasteiger partial charge in [0.1, 0.15) is 12.1 Å². The van der Waals surface area contributed by atoms with E-state index in [1.807, 2.05) is 155 Å². The lowest BCUT2D eigenvalue weighted by atomic mass is 10.0. The van der Waals surface area contributed by atoms with Crippen LogP contribution < -0.4 is 10.6 Å². The molecule has 0 aliphatic carbocycles. The fourth-order valence-electron chi connectivity index (χ4n) is 6.98. The van der Waals surface area contributed by atoms with Crippen molar-refractivity contribution in [3.63, 3.8) is 0 Å². The molecule has 0 N–H and O–H groups in total. The van der Waals surface area contributed by atoms with Crippen molar-refractivity contribution in [1.29, 1.82) is 0 Å². The molecule has 0 aliphatic rings. The predicted molar refractivity (Wildman–Crippen MR) is 231 cm³/mol. The van der Waals surface area contributed by atoms with E-state index in [9.17, 15) is 9.59 Å². The number of rotatable bonds is 19. The van der Waals surface area contributed by atoms with Gasteiger partial charge in [-0.1, -0.05) is 179 Å². The van der Waals surface area contributed by atoms with Crippen LogP contribution in [0.5, 0.6) is 0 Å². The van der Waals surface area contributed by atoms with Crippen LogP contribution in [0.2, 0.25) is 0 Å². The number of ether oxygens (including phenoxy) is 2. The predicted octanol–water partition coefficient (Wildman–Crippen LogP) is 10.1. The molecular weight excluding hydrogens is 750 g/mol. The van der Waals surface area contributed by atoms with Gasteiger partial charge in [-0.25, -0.2) is 9.34 Å². The van der Waals surface area contributed by atoms with Crippen LogP contribution >= 0.6 is 14.6 Å². The molecule has 10 heteroatoms. The average molecular weight is 807 g/mol. The zero-order valence-electron chi connectivity index (χ0n) is 33.9. The van der Waals surface area contributed by atoms with Gasteiger partial charge in [-0.3, -0.25) is 9.59 Å². The highest BCUT2D eigenvalue weighted by Gasteiger charge is 2.42. The SMILES string of the molecule is CC(C)C[C@H](C(=O)OC(OC(=O)[C@@H](CC(C)C)N(Cc1ccccc1)[P@](C)(=O)c1ccccc1)c1ccccc1)N(Cc1ccccc1)[P@@](C)(=O)c1ccccc1. The highest BCUT2D eigenvalue weighted by molar-refractivity contribution is 7.69. The van der Waals surface area contributed by atoms with E-state index < -0.39 is 44.9 Å². The third kappa shape index (κ3) is 11.7. The number of carbonyl (C=O) groups is 2. The molecule has 0 amide bonds. The van der Waals surface area contributed by atoms with Crippen molar-refractivity contribution >= 4 is 37.1 Å². The summed E-state index contributed by atoms with van der Waals surface area (Å²) in [5.74, 6) is -1.28. The molecule has 5 aromatic rings. The van der Waals surface area contributed by atoms with Gasteiger partial charge >= 0.3 is 11.9 Å². The summed E-state index contributed by atoms with van der Waals surface area (Å²) in [5, 5.41) is 1.23. The first-order valence-corrected chi connectivity index (χ1v) is 23.8. The van der Waals surface area contributed by atoms with Gasteiger partial charge < -0.3 is 18.6 Å². The summed E-state index contributed by atoms with van der Waals surface area (Å²) in [4.78, 5) is 29.6. The number of nitrogens with zero attached hydrogens (tertiary/aromatic N) is 2. The number of esters is 2. The number of hydrogen-bond donors (Lipinski definition) is 0. The summed E-state index contributed by atoms with van der Waals surface area (Å²) in [5.41, 5.74) is 2.24. The summed E-state index contributed by atoms with van der Waals surface area (Å²) in [6.07, 6.45) is -0.764. The summed E-state index contributed by atoms with van der Waals surface area (Å²) < 4.78 is 46.2. The number of benzene rings is 5. The largest absolute Gasteiger partial charge is 0.419 e. The van der Waals surface area contributed by atoms with Crippen LogP contribution in [0.3, 0.4) is 0 Å². The highest BCUT2D eigenvalue weighted by Crippen LogP contribution is 2.50. The van der Waals surface area contributed by atoms with Gasteiger partial charge in [0, 0.05) is 42.6 Å². The fraction of sp³-hybridized carbons (Fsp3) is 0.319. The van der Waals surface area contributed by atoms with Crippen molar-refractivity contribution in [1.82, 2.24) is 9.34 Å². The van der Waals surface area contributed by atoms with Crippen LogP contribution in [0.4, 0.5) is 0 Å². The first kappa shape index (κ1) is 43.5. The molecule has 0 bridgehead atoms. The molecule has 0 aliphatic heterocycles. The van der Waals surface area contributed by atoms with Crippen molar-refractivity contribution in [2.45, 2.75) is 72.0 Å². The Balaban J connectivity index is 1.55. The molecule has 1 unspecified atom stereocenters. The zero-order valence-corrected chi connectivity index (χ0v) is 35.7. The molecule has 0 radical (unpaired) electrons. The molecule has 0 fully saturated rings. The van der Waals surface area contributed by atoms with Gasteiger partial charge in [0.25, 0.3) is 6.29 Å². The van der Waals surface area contributed by atoms with Crippen molar-refractivity contribution < 1.29 is 28.2 Å². The summed E-state index contributed by atoms with van der Waals surface area (Å²) in [7, 11) is -6.74. The van der Waals surface area contributed by atoms with Gasteiger partial charge in [-0.15, -0.1) is 0 Å². The lowest BCUT2D eigenvalue weighted by molar-refractivity contribution is -0.196. The topological polar surface area (TPSA) is 93.2 Å². The molecule has 300 valence electrons. The van der Waals surface area contributed by atoms with Gasteiger partial charge in [-0.05, 0) is 35.8 Å². The van der Waals surface area contributed by atoms with Crippen LogP contribution in [0, 0.1) is 11.8 Å². The molecule has 5 rings (SSSR count). The quantitative estimate of drug-likeness (QED) is 0.0463. The lowest BCUT2D eigenvalue weighted by Crippen LogP contribution is -2.45. The standard InChI is InChI=1S/C47H56N2O6P2/c1-36(2)32-43(48(34-38-22-12-7-13-23-38)56(5,52)41-28-18-10-19-29-41)45(50)54-47(40-26-16-9-17-27-40)55-46(51)44(33-37(3)4)49(35-39-24-14-8-15-25-39)57(6,53)42-30-20-11-21-31-42/h7-31,36-37,43-44,47H,32-35H2,1-6H3/t43-,44-,47?,56-,57+/m1/s1. The Kier molecular flexibility index (Phi) is 15.4. The molecule has 8 nitrogen and oxygen atoms in total. The summed E-state index contributed by atoms with van der Waals surface area (Å²) in [6, 6.07) is 44.7. The second-order valence-corrected chi connectivity index (χ2v) is 21.1. The Morgan fingerprint density at radius 2 is 0.789 bits per heavy atom. The minimum Gasteiger partial charge on any atom is -0.419 e. The van der Waals surface area contributed by atoms with Crippen LogP contribution in [-0.2, 0) is 41.3 Å². The maximum atomic E-state index is 15.0. The maximum Gasteiger partial charge on any atom is 0.327 e. The molecule has 57 heavy (non-hydrogen) atoms. The second-order valence-electron chi connectivity index (χ2n) is 15.5. The molecule has 0 aromatic heterocycles. The Hall–Kier alpha value is -4.58.